The molecule has 0 aromatic heterocycles. The van der Waals surface area contributed by atoms with E-state index in [1.165, 1.54) is 24.1 Å². The summed E-state index contributed by atoms with van der Waals surface area (Å²) in [5, 5.41) is 0. The van der Waals surface area contributed by atoms with E-state index in [9.17, 15) is 0 Å². The van der Waals surface area contributed by atoms with Crippen molar-refractivity contribution in [2.75, 3.05) is 32.1 Å². The molecule has 3 nitrogen and oxygen atoms in total. The van der Waals surface area contributed by atoms with E-state index in [2.05, 4.69) is 55.1 Å². The minimum atomic E-state index is 0.238. The number of rotatable bonds is 4. The van der Waals surface area contributed by atoms with Gasteiger partial charge in [0.25, 0.3) is 0 Å². The maximum Gasteiger partial charge on any atom is 0.0366 e. The molecule has 0 saturated carbocycles. The average Bonchev–Trinajstić information content (AvgIpc) is 2.39. The first-order chi connectivity index (χ1) is 9.06. The summed E-state index contributed by atoms with van der Waals surface area (Å²) in [4.78, 5) is 4.85. The molecule has 19 heavy (non-hydrogen) atoms. The summed E-state index contributed by atoms with van der Waals surface area (Å²) in [5.41, 5.74) is 8.52. The van der Waals surface area contributed by atoms with Gasteiger partial charge in [-0.25, -0.2) is 0 Å². The first kappa shape index (κ1) is 14.4. The molecular weight excluding hydrogens is 234 g/mol. The first-order valence-corrected chi connectivity index (χ1v) is 7.32. The van der Waals surface area contributed by atoms with Crippen LogP contribution in [0.15, 0.2) is 24.3 Å². The second-order valence-electron chi connectivity index (χ2n) is 6.03. The predicted molar refractivity (Wildman–Crippen MR) is 82.7 cm³/mol. The molecule has 1 saturated heterocycles. The molecule has 1 fully saturated rings. The van der Waals surface area contributed by atoms with Gasteiger partial charge in [-0.2, -0.15) is 0 Å². The largest absolute Gasteiger partial charge is 0.371 e. The maximum absolute atomic E-state index is 5.83. The number of hydrogen-bond acceptors (Lipinski definition) is 3. The van der Waals surface area contributed by atoms with Gasteiger partial charge in [-0.3, -0.25) is 0 Å². The summed E-state index contributed by atoms with van der Waals surface area (Å²) in [5.74, 6) is 0. The van der Waals surface area contributed by atoms with Crippen molar-refractivity contribution >= 4 is 5.69 Å². The maximum atomic E-state index is 5.83. The van der Waals surface area contributed by atoms with Gasteiger partial charge in [0, 0.05) is 30.9 Å². The lowest BCUT2D eigenvalue weighted by Crippen LogP contribution is -2.41. The quantitative estimate of drug-likeness (QED) is 0.901. The Morgan fingerprint density at radius 3 is 2.26 bits per heavy atom. The van der Waals surface area contributed by atoms with Crippen molar-refractivity contribution < 1.29 is 0 Å². The second kappa shape index (κ2) is 6.40. The van der Waals surface area contributed by atoms with E-state index in [4.69, 9.17) is 5.73 Å². The fourth-order valence-electron chi connectivity index (χ4n) is 2.86. The summed E-state index contributed by atoms with van der Waals surface area (Å²) in [7, 11) is 4.37. The van der Waals surface area contributed by atoms with Crippen LogP contribution in [0.1, 0.15) is 25.3 Å². The molecule has 106 valence electrons. The third-order valence-corrected chi connectivity index (χ3v) is 4.05. The zero-order chi connectivity index (χ0) is 13.8. The molecule has 1 heterocycles. The highest BCUT2D eigenvalue weighted by Gasteiger charge is 2.20. The molecule has 1 atom stereocenters. The van der Waals surface area contributed by atoms with E-state index in [1.54, 1.807) is 0 Å². The van der Waals surface area contributed by atoms with Gasteiger partial charge in [-0.1, -0.05) is 12.1 Å². The average molecular weight is 261 g/mol. The number of nitrogens with two attached hydrogens (primary N) is 1. The van der Waals surface area contributed by atoms with Crippen LogP contribution < -0.4 is 10.6 Å². The fourth-order valence-corrected chi connectivity index (χ4v) is 2.86. The van der Waals surface area contributed by atoms with Crippen LogP contribution in [0.5, 0.6) is 0 Å². The smallest absolute Gasteiger partial charge is 0.0366 e. The summed E-state index contributed by atoms with van der Waals surface area (Å²) in [6, 6.07) is 9.91. The van der Waals surface area contributed by atoms with E-state index in [0.717, 1.165) is 25.6 Å². The number of anilines is 1. The molecule has 1 aliphatic rings. The second-order valence-corrected chi connectivity index (χ2v) is 6.03. The SMILES string of the molecule is CC(N)Cc1ccc(N2CCC(N(C)C)CC2)cc1. The van der Waals surface area contributed by atoms with E-state index >= 15 is 0 Å². The molecule has 0 radical (unpaired) electrons. The first-order valence-electron chi connectivity index (χ1n) is 7.32. The van der Waals surface area contributed by atoms with Crippen LogP contribution in [0, 0.1) is 0 Å². The van der Waals surface area contributed by atoms with E-state index < -0.39 is 0 Å². The molecule has 2 rings (SSSR count). The zero-order valence-corrected chi connectivity index (χ0v) is 12.5. The number of nitrogens with zero attached hydrogens (tertiary/aromatic N) is 2. The van der Waals surface area contributed by atoms with Gasteiger partial charge >= 0.3 is 0 Å². The van der Waals surface area contributed by atoms with Gasteiger partial charge < -0.3 is 15.5 Å². The Morgan fingerprint density at radius 1 is 1.21 bits per heavy atom. The third-order valence-electron chi connectivity index (χ3n) is 4.05. The van der Waals surface area contributed by atoms with Crippen molar-refractivity contribution in [2.45, 2.75) is 38.3 Å². The topological polar surface area (TPSA) is 32.5 Å². The van der Waals surface area contributed by atoms with Crippen LogP contribution in [0.2, 0.25) is 0 Å². The van der Waals surface area contributed by atoms with Crippen LogP contribution >= 0.6 is 0 Å². The number of benzene rings is 1. The zero-order valence-electron chi connectivity index (χ0n) is 12.5. The molecule has 1 unspecified atom stereocenters. The Morgan fingerprint density at radius 2 is 1.79 bits per heavy atom. The molecule has 2 N–H and O–H groups in total. The Kier molecular flexibility index (Phi) is 4.83. The number of piperidine rings is 1. The molecule has 0 bridgehead atoms. The van der Waals surface area contributed by atoms with Crippen molar-refractivity contribution in [3.05, 3.63) is 29.8 Å². The van der Waals surface area contributed by atoms with Crippen LogP contribution in [0.4, 0.5) is 5.69 Å². The molecule has 3 heteroatoms. The molecule has 0 spiro atoms. The van der Waals surface area contributed by atoms with Crippen LogP contribution in [-0.2, 0) is 6.42 Å². The van der Waals surface area contributed by atoms with Crippen LogP contribution in [0.25, 0.3) is 0 Å². The Labute approximate surface area is 117 Å². The highest BCUT2D eigenvalue weighted by molar-refractivity contribution is 5.48. The molecular formula is C16H27N3. The summed E-state index contributed by atoms with van der Waals surface area (Å²) < 4.78 is 0. The van der Waals surface area contributed by atoms with Gasteiger partial charge in [-0.15, -0.1) is 0 Å². The third kappa shape index (κ3) is 3.95. The predicted octanol–water partition coefficient (Wildman–Crippen LogP) is 2.11. The van der Waals surface area contributed by atoms with E-state index in [1.807, 2.05) is 0 Å². The van der Waals surface area contributed by atoms with Crippen molar-refractivity contribution in [1.82, 2.24) is 4.90 Å². The van der Waals surface area contributed by atoms with Gasteiger partial charge in [0.05, 0.1) is 0 Å². The standard InChI is InChI=1S/C16H27N3/c1-13(17)12-14-4-6-16(7-5-14)19-10-8-15(9-11-19)18(2)3/h4-7,13,15H,8-12,17H2,1-3H3. The van der Waals surface area contributed by atoms with Gasteiger partial charge in [0.2, 0.25) is 0 Å². The molecule has 1 aromatic rings. The highest BCUT2D eigenvalue weighted by atomic mass is 15.2. The fraction of sp³-hybridized carbons (Fsp3) is 0.625. The van der Waals surface area contributed by atoms with Crippen LogP contribution in [-0.4, -0.2) is 44.2 Å². The lowest BCUT2D eigenvalue weighted by atomic mass is 10.0. The summed E-state index contributed by atoms with van der Waals surface area (Å²) in [6.07, 6.45) is 3.48. The molecule has 1 aliphatic heterocycles. The van der Waals surface area contributed by atoms with Gasteiger partial charge in [0.15, 0.2) is 0 Å². The minimum Gasteiger partial charge on any atom is -0.371 e. The van der Waals surface area contributed by atoms with Gasteiger partial charge in [-0.05, 0) is 58.0 Å². The molecule has 1 aromatic carbocycles. The minimum absolute atomic E-state index is 0.238. The van der Waals surface area contributed by atoms with Crippen molar-refractivity contribution in [2.24, 2.45) is 5.73 Å². The van der Waals surface area contributed by atoms with Gasteiger partial charge in [0.1, 0.15) is 0 Å². The van der Waals surface area contributed by atoms with Crippen molar-refractivity contribution in [3.8, 4) is 0 Å². The van der Waals surface area contributed by atoms with Crippen molar-refractivity contribution in [3.63, 3.8) is 0 Å². The van der Waals surface area contributed by atoms with Crippen LogP contribution in [0.3, 0.4) is 0 Å². The molecule has 0 aliphatic carbocycles. The lowest BCUT2D eigenvalue weighted by molar-refractivity contribution is 0.249. The number of hydrogen-bond donors (Lipinski definition) is 1. The Bertz CT molecular complexity index is 375. The van der Waals surface area contributed by atoms with E-state index in [0.29, 0.717) is 0 Å². The summed E-state index contributed by atoms with van der Waals surface area (Å²) >= 11 is 0. The highest BCUT2D eigenvalue weighted by Crippen LogP contribution is 2.22. The van der Waals surface area contributed by atoms with Crippen molar-refractivity contribution in [1.29, 1.82) is 0 Å². The molecule has 0 amide bonds. The van der Waals surface area contributed by atoms with E-state index in [-0.39, 0.29) is 6.04 Å². The normalized spacial score (nSPS) is 18.9. The Balaban J connectivity index is 1.92. The monoisotopic (exact) mass is 261 g/mol. The summed E-state index contributed by atoms with van der Waals surface area (Å²) in [6.45, 7) is 4.38. The Hall–Kier alpha value is -1.06. The lowest BCUT2D eigenvalue weighted by Gasteiger charge is -2.36.